The predicted octanol–water partition coefficient (Wildman–Crippen LogP) is 4.18. The Morgan fingerprint density at radius 1 is 0.950 bits per heavy atom. The molecule has 0 aliphatic carbocycles. The van der Waals surface area contributed by atoms with Crippen molar-refractivity contribution in [3.8, 4) is 0 Å². The molecule has 0 saturated heterocycles. The second-order valence-electron chi connectivity index (χ2n) is 5.38. The van der Waals surface area contributed by atoms with Crippen LogP contribution in [0.3, 0.4) is 0 Å². The van der Waals surface area contributed by atoms with E-state index in [0.717, 1.165) is 19.4 Å². The molecule has 0 aromatic heterocycles. The van der Waals surface area contributed by atoms with Crippen LogP contribution in [0.15, 0.2) is 54.6 Å². The molecule has 0 amide bonds. The van der Waals surface area contributed by atoms with Gasteiger partial charge in [-0.2, -0.15) is 0 Å². The lowest BCUT2D eigenvalue weighted by Crippen LogP contribution is -2.14. The molecule has 1 nitrogen and oxygen atoms in total. The van der Waals surface area contributed by atoms with E-state index >= 15 is 0 Å². The SMILES string of the molecule is CCc1cccc(CC(CCNC)c2ccccc2)c1. The Morgan fingerprint density at radius 2 is 1.70 bits per heavy atom. The number of hydrogen-bond donors (Lipinski definition) is 1. The molecule has 2 aromatic carbocycles. The van der Waals surface area contributed by atoms with Gasteiger partial charge in [-0.1, -0.05) is 61.5 Å². The van der Waals surface area contributed by atoms with Crippen molar-refractivity contribution in [3.63, 3.8) is 0 Å². The van der Waals surface area contributed by atoms with Crippen LogP contribution < -0.4 is 5.32 Å². The van der Waals surface area contributed by atoms with Gasteiger partial charge in [0.15, 0.2) is 0 Å². The molecule has 0 aliphatic heterocycles. The summed E-state index contributed by atoms with van der Waals surface area (Å²) in [5, 5.41) is 3.28. The van der Waals surface area contributed by atoms with Gasteiger partial charge in [0.2, 0.25) is 0 Å². The van der Waals surface area contributed by atoms with E-state index in [9.17, 15) is 0 Å². The van der Waals surface area contributed by atoms with Crippen LogP contribution in [0.4, 0.5) is 0 Å². The maximum atomic E-state index is 3.28. The molecule has 1 unspecified atom stereocenters. The second-order valence-corrected chi connectivity index (χ2v) is 5.38. The smallest absolute Gasteiger partial charge is 0.00460 e. The summed E-state index contributed by atoms with van der Waals surface area (Å²) in [6, 6.07) is 19.9. The number of nitrogens with one attached hydrogen (secondary N) is 1. The number of aryl methyl sites for hydroxylation is 1. The zero-order valence-corrected chi connectivity index (χ0v) is 12.6. The van der Waals surface area contributed by atoms with Gasteiger partial charge in [0, 0.05) is 0 Å². The number of hydrogen-bond acceptors (Lipinski definition) is 1. The van der Waals surface area contributed by atoms with Crippen LogP contribution in [-0.4, -0.2) is 13.6 Å². The Labute approximate surface area is 123 Å². The molecule has 2 aromatic rings. The normalized spacial score (nSPS) is 12.3. The lowest BCUT2D eigenvalue weighted by Gasteiger charge is -2.18. The minimum Gasteiger partial charge on any atom is -0.320 e. The molecule has 2 rings (SSSR count). The van der Waals surface area contributed by atoms with Crippen LogP contribution in [0, 0.1) is 0 Å². The van der Waals surface area contributed by atoms with Crippen LogP contribution in [0.2, 0.25) is 0 Å². The summed E-state index contributed by atoms with van der Waals surface area (Å²) >= 11 is 0. The molecule has 106 valence electrons. The van der Waals surface area contributed by atoms with Crippen LogP contribution >= 0.6 is 0 Å². The van der Waals surface area contributed by atoms with Crippen molar-refractivity contribution in [1.29, 1.82) is 0 Å². The summed E-state index contributed by atoms with van der Waals surface area (Å²) < 4.78 is 0. The van der Waals surface area contributed by atoms with Gasteiger partial charge in [-0.15, -0.1) is 0 Å². The van der Waals surface area contributed by atoms with Crippen molar-refractivity contribution >= 4 is 0 Å². The quantitative estimate of drug-likeness (QED) is 0.793. The van der Waals surface area contributed by atoms with Gasteiger partial charge in [0.1, 0.15) is 0 Å². The first-order valence-corrected chi connectivity index (χ1v) is 7.60. The van der Waals surface area contributed by atoms with E-state index in [1.165, 1.54) is 23.1 Å². The molecule has 1 heteroatoms. The van der Waals surface area contributed by atoms with Crippen molar-refractivity contribution < 1.29 is 0 Å². The van der Waals surface area contributed by atoms with Gasteiger partial charge in [-0.05, 0) is 55.5 Å². The highest BCUT2D eigenvalue weighted by molar-refractivity contribution is 5.27. The van der Waals surface area contributed by atoms with Crippen LogP contribution in [0.5, 0.6) is 0 Å². The first-order valence-electron chi connectivity index (χ1n) is 7.60. The molecule has 0 fully saturated rings. The Kier molecular flexibility index (Phi) is 5.82. The van der Waals surface area contributed by atoms with E-state index in [-0.39, 0.29) is 0 Å². The molecular weight excluding hydrogens is 242 g/mol. The molecule has 0 aliphatic rings. The highest BCUT2D eigenvalue weighted by Gasteiger charge is 2.12. The first kappa shape index (κ1) is 14.8. The summed E-state index contributed by atoms with van der Waals surface area (Å²) in [4.78, 5) is 0. The third kappa shape index (κ3) is 4.21. The Hall–Kier alpha value is -1.60. The van der Waals surface area contributed by atoms with E-state index in [1.54, 1.807) is 0 Å². The van der Waals surface area contributed by atoms with E-state index in [1.807, 2.05) is 7.05 Å². The molecule has 0 saturated carbocycles. The largest absolute Gasteiger partial charge is 0.320 e. The second kappa shape index (κ2) is 7.86. The van der Waals surface area contributed by atoms with Crippen molar-refractivity contribution in [2.75, 3.05) is 13.6 Å². The minimum atomic E-state index is 0.593. The van der Waals surface area contributed by atoms with Gasteiger partial charge in [0.25, 0.3) is 0 Å². The number of rotatable bonds is 7. The van der Waals surface area contributed by atoms with E-state index in [2.05, 4.69) is 66.8 Å². The topological polar surface area (TPSA) is 12.0 Å². The van der Waals surface area contributed by atoms with Crippen LogP contribution in [-0.2, 0) is 12.8 Å². The summed E-state index contributed by atoms with van der Waals surface area (Å²) in [5.41, 5.74) is 4.34. The van der Waals surface area contributed by atoms with Gasteiger partial charge in [-0.25, -0.2) is 0 Å². The van der Waals surface area contributed by atoms with Crippen molar-refractivity contribution in [2.24, 2.45) is 0 Å². The van der Waals surface area contributed by atoms with Gasteiger partial charge >= 0.3 is 0 Å². The summed E-state index contributed by atoms with van der Waals surface area (Å²) in [6.45, 7) is 3.28. The fraction of sp³-hybridized carbons (Fsp3) is 0.368. The first-order chi connectivity index (χ1) is 9.83. The van der Waals surface area contributed by atoms with Gasteiger partial charge in [0.05, 0.1) is 0 Å². The summed E-state index contributed by atoms with van der Waals surface area (Å²) in [5.74, 6) is 0.593. The zero-order valence-electron chi connectivity index (χ0n) is 12.6. The molecule has 0 heterocycles. The lowest BCUT2D eigenvalue weighted by atomic mass is 9.88. The fourth-order valence-corrected chi connectivity index (χ4v) is 2.69. The summed E-state index contributed by atoms with van der Waals surface area (Å²) in [6.07, 6.45) is 3.41. The molecule has 0 spiro atoms. The van der Waals surface area contributed by atoms with Crippen molar-refractivity contribution in [2.45, 2.75) is 32.1 Å². The molecule has 0 radical (unpaired) electrons. The van der Waals surface area contributed by atoms with Gasteiger partial charge in [-0.3, -0.25) is 0 Å². The van der Waals surface area contributed by atoms with Crippen LogP contribution in [0.25, 0.3) is 0 Å². The molecule has 20 heavy (non-hydrogen) atoms. The van der Waals surface area contributed by atoms with E-state index in [4.69, 9.17) is 0 Å². The number of benzene rings is 2. The lowest BCUT2D eigenvalue weighted by molar-refractivity contribution is 0.593. The minimum absolute atomic E-state index is 0.593. The highest BCUT2D eigenvalue weighted by Crippen LogP contribution is 2.24. The molecular formula is C19H25N. The highest BCUT2D eigenvalue weighted by atomic mass is 14.8. The standard InChI is InChI=1S/C19H25N/c1-3-16-8-7-9-17(14-16)15-19(12-13-20-2)18-10-5-4-6-11-18/h4-11,14,19-20H,3,12-13,15H2,1-2H3. The molecule has 1 N–H and O–H groups in total. The average molecular weight is 267 g/mol. The van der Waals surface area contributed by atoms with E-state index < -0.39 is 0 Å². The Morgan fingerprint density at radius 3 is 2.40 bits per heavy atom. The predicted molar refractivity (Wildman–Crippen MR) is 87.3 cm³/mol. The van der Waals surface area contributed by atoms with Crippen molar-refractivity contribution in [1.82, 2.24) is 5.32 Å². The molecule has 1 atom stereocenters. The third-order valence-electron chi connectivity index (χ3n) is 3.90. The maximum absolute atomic E-state index is 3.28. The van der Waals surface area contributed by atoms with E-state index in [0.29, 0.717) is 5.92 Å². The maximum Gasteiger partial charge on any atom is -0.00460 e. The summed E-state index contributed by atoms with van der Waals surface area (Å²) in [7, 11) is 2.03. The average Bonchev–Trinajstić information content (AvgIpc) is 2.52. The van der Waals surface area contributed by atoms with Crippen LogP contribution in [0.1, 0.15) is 36.0 Å². The Balaban J connectivity index is 2.14. The van der Waals surface area contributed by atoms with Gasteiger partial charge < -0.3 is 5.32 Å². The monoisotopic (exact) mass is 267 g/mol. The Bertz CT molecular complexity index is 504. The van der Waals surface area contributed by atoms with Crippen molar-refractivity contribution in [3.05, 3.63) is 71.3 Å². The third-order valence-corrected chi connectivity index (χ3v) is 3.90. The fourth-order valence-electron chi connectivity index (χ4n) is 2.69. The molecule has 0 bridgehead atoms. The zero-order chi connectivity index (χ0) is 14.2.